The zero-order chi connectivity index (χ0) is 19.2. The molecule has 29 heavy (non-hydrogen) atoms. The molecule has 158 valence electrons. The Hall–Kier alpha value is -2.08. The fourth-order valence-corrected chi connectivity index (χ4v) is 3.84. The van der Waals surface area contributed by atoms with Crippen LogP contribution < -0.4 is 11.1 Å². The van der Waals surface area contributed by atoms with Gasteiger partial charge < -0.3 is 11.1 Å². The number of hydrogen-bond donors (Lipinski definition) is 2. The largest absolute Gasteiger partial charge is 0.368 e. The molecule has 0 saturated carbocycles. The molecular weight excluding hydrogens is 409 g/mol. The highest BCUT2D eigenvalue weighted by Gasteiger charge is 2.37. The van der Waals surface area contributed by atoms with Crippen LogP contribution in [0.5, 0.6) is 0 Å². The third kappa shape index (κ3) is 6.46. The molecule has 1 heterocycles. The standard InChI is InChI=1S/C22H27N3O2.2ClH/c1-16(22(27)24-15-17-8-4-2-5-9-17)25-13-12-19(14-20(25)21(23)26)18-10-6-3-7-11-18;;/h2-11,16,19-20H,12-15H2,1H3,(H2,23,26)(H,24,27);2*1H/t16-,19?,20?;;/m0../s1. The van der Waals surface area contributed by atoms with Crippen molar-refractivity contribution in [2.24, 2.45) is 5.73 Å². The van der Waals surface area contributed by atoms with E-state index in [1.54, 1.807) is 0 Å². The number of halogens is 2. The number of primary amides is 1. The SMILES string of the molecule is C[C@@H](C(=O)NCc1ccccc1)N1CCC(c2ccccc2)CC1C(N)=O.Cl.Cl. The summed E-state index contributed by atoms with van der Waals surface area (Å²) >= 11 is 0. The van der Waals surface area contributed by atoms with Gasteiger partial charge in [0.15, 0.2) is 0 Å². The third-order valence-electron chi connectivity index (χ3n) is 5.43. The molecule has 1 saturated heterocycles. The summed E-state index contributed by atoms with van der Waals surface area (Å²) in [5.74, 6) is -0.152. The van der Waals surface area contributed by atoms with E-state index < -0.39 is 12.1 Å². The van der Waals surface area contributed by atoms with Crippen molar-refractivity contribution in [3.8, 4) is 0 Å². The number of nitrogens with zero attached hydrogens (tertiary/aromatic N) is 1. The van der Waals surface area contributed by atoms with Gasteiger partial charge in [-0.1, -0.05) is 60.7 Å². The summed E-state index contributed by atoms with van der Waals surface area (Å²) in [6.45, 7) is 3.00. The minimum Gasteiger partial charge on any atom is -0.368 e. The monoisotopic (exact) mass is 437 g/mol. The van der Waals surface area contributed by atoms with Crippen molar-refractivity contribution >= 4 is 36.6 Å². The number of likely N-dealkylation sites (tertiary alicyclic amines) is 1. The molecule has 2 unspecified atom stereocenters. The molecule has 1 aliphatic heterocycles. The van der Waals surface area contributed by atoms with Gasteiger partial charge >= 0.3 is 0 Å². The second kappa shape index (κ2) is 11.8. The summed E-state index contributed by atoms with van der Waals surface area (Å²) in [6, 6.07) is 19.2. The predicted molar refractivity (Wildman–Crippen MR) is 120 cm³/mol. The Balaban J connectivity index is 0.00000210. The number of hydrogen-bond acceptors (Lipinski definition) is 3. The molecule has 7 heteroatoms. The molecule has 3 N–H and O–H groups in total. The predicted octanol–water partition coefficient (Wildman–Crippen LogP) is 3.27. The molecule has 0 aromatic heterocycles. The molecule has 1 aliphatic rings. The van der Waals surface area contributed by atoms with Crippen LogP contribution in [0.4, 0.5) is 0 Å². The van der Waals surface area contributed by atoms with E-state index >= 15 is 0 Å². The maximum Gasteiger partial charge on any atom is 0.237 e. The Labute approximate surface area is 184 Å². The van der Waals surface area contributed by atoms with E-state index in [0.717, 1.165) is 12.0 Å². The minimum atomic E-state index is -0.429. The number of nitrogens with two attached hydrogens (primary N) is 1. The zero-order valence-corrected chi connectivity index (χ0v) is 18.1. The average molecular weight is 438 g/mol. The van der Waals surface area contributed by atoms with Crippen LogP contribution in [-0.4, -0.2) is 35.3 Å². The number of carbonyl (C=O) groups excluding carboxylic acids is 2. The van der Waals surface area contributed by atoms with Gasteiger partial charge in [-0.2, -0.15) is 0 Å². The van der Waals surface area contributed by atoms with Crippen molar-refractivity contribution in [1.82, 2.24) is 10.2 Å². The van der Waals surface area contributed by atoms with Crippen LogP contribution >= 0.6 is 24.8 Å². The summed E-state index contributed by atoms with van der Waals surface area (Å²) in [4.78, 5) is 26.7. The lowest BCUT2D eigenvalue weighted by Gasteiger charge is -2.40. The van der Waals surface area contributed by atoms with Crippen molar-refractivity contribution in [2.75, 3.05) is 6.54 Å². The first kappa shape index (κ1) is 25.0. The molecular formula is C22H29Cl2N3O2. The second-order valence-corrected chi connectivity index (χ2v) is 7.17. The quantitative estimate of drug-likeness (QED) is 0.727. The third-order valence-corrected chi connectivity index (χ3v) is 5.43. The van der Waals surface area contributed by atoms with E-state index in [-0.39, 0.29) is 36.6 Å². The van der Waals surface area contributed by atoms with E-state index in [4.69, 9.17) is 5.73 Å². The maximum absolute atomic E-state index is 12.6. The number of rotatable bonds is 6. The van der Waals surface area contributed by atoms with Crippen LogP contribution in [0.3, 0.4) is 0 Å². The summed E-state index contributed by atoms with van der Waals surface area (Å²) in [6.07, 6.45) is 1.56. The summed E-state index contributed by atoms with van der Waals surface area (Å²) in [5, 5.41) is 2.97. The first-order valence-corrected chi connectivity index (χ1v) is 9.48. The Morgan fingerprint density at radius 1 is 1.07 bits per heavy atom. The summed E-state index contributed by atoms with van der Waals surface area (Å²) in [5.41, 5.74) is 7.96. The van der Waals surface area contributed by atoms with Crippen LogP contribution in [0, 0.1) is 0 Å². The normalized spacial score (nSPS) is 19.9. The van der Waals surface area contributed by atoms with Crippen LogP contribution in [-0.2, 0) is 16.1 Å². The van der Waals surface area contributed by atoms with Gasteiger partial charge in [-0.25, -0.2) is 0 Å². The maximum atomic E-state index is 12.6. The lowest BCUT2D eigenvalue weighted by Crippen LogP contribution is -2.56. The molecule has 5 nitrogen and oxygen atoms in total. The highest BCUT2D eigenvalue weighted by atomic mass is 35.5. The molecule has 1 fully saturated rings. The molecule has 3 atom stereocenters. The average Bonchev–Trinajstić information content (AvgIpc) is 2.72. The van der Waals surface area contributed by atoms with E-state index in [1.807, 2.05) is 60.4 Å². The Bertz CT molecular complexity index is 774. The smallest absolute Gasteiger partial charge is 0.237 e. The molecule has 0 radical (unpaired) electrons. The van der Waals surface area contributed by atoms with Gasteiger partial charge in [-0.05, 0) is 36.8 Å². The number of carbonyl (C=O) groups is 2. The Morgan fingerprint density at radius 2 is 1.66 bits per heavy atom. The first-order chi connectivity index (χ1) is 13.1. The van der Waals surface area contributed by atoms with Crippen molar-refractivity contribution in [3.05, 3.63) is 71.8 Å². The van der Waals surface area contributed by atoms with E-state index in [2.05, 4.69) is 17.4 Å². The fourth-order valence-electron chi connectivity index (χ4n) is 3.84. The molecule has 0 aliphatic carbocycles. The molecule has 0 bridgehead atoms. The summed E-state index contributed by atoms with van der Waals surface area (Å²) in [7, 11) is 0. The topological polar surface area (TPSA) is 75.4 Å². The van der Waals surface area contributed by atoms with Gasteiger partial charge in [0.25, 0.3) is 0 Å². The van der Waals surface area contributed by atoms with Crippen molar-refractivity contribution < 1.29 is 9.59 Å². The first-order valence-electron chi connectivity index (χ1n) is 9.48. The number of benzene rings is 2. The number of nitrogens with one attached hydrogen (secondary N) is 1. The molecule has 3 rings (SSSR count). The minimum absolute atomic E-state index is 0. The lowest BCUT2D eigenvalue weighted by atomic mass is 9.84. The van der Waals surface area contributed by atoms with Crippen LogP contribution in [0.15, 0.2) is 60.7 Å². The van der Waals surface area contributed by atoms with Gasteiger partial charge in [0.1, 0.15) is 0 Å². The van der Waals surface area contributed by atoms with E-state index in [9.17, 15) is 9.59 Å². The molecule has 2 aromatic rings. The van der Waals surface area contributed by atoms with Crippen molar-refractivity contribution in [1.29, 1.82) is 0 Å². The van der Waals surface area contributed by atoms with Gasteiger partial charge in [-0.3, -0.25) is 14.5 Å². The van der Waals surface area contributed by atoms with Crippen LogP contribution in [0.25, 0.3) is 0 Å². The van der Waals surface area contributed by atoms with E-state index in [0.29, 0.717) is 25.4 Å². The zero-order valence-electron chi connectivity index (χ0n) is 16.5. The highest BCUT2D eigenvalue weighted by Crippen LogP contribution is 2.32. The van der Waals surface area contributed by atoms with Gasteiger partial charge in [0.2, 0.25) is 11.8 Å². The molecule has 2 aromatic carbocycles. The number of amides is 2. The fraction of sp³-hybridized carbons (Fsp3) is 0.364. The van der Waals surface area contributed by atoms with Crippen molar-refractivity contribution in [3.63, 3.8) is 0 Å². The Kier molecular flexibility index (Phi) is 10.2. The lowest BCUT2D eigenvalue weighted by molar-refractivity contribution is -0.132. The van der Waals surface area contributed by atoms with Crippen LogP contribution in [0.1, 0.15) is 36.8 Å². The van der Waals surface area contributed by atoms with E-state index in [1.165, 1.54) is 5.56 Å². The Morgan fingerprint density at radius 3 is 2.24 bits per heavy atom. The highest BCUT2D eigenvalue weighted by molar-refractivity contribution is 5.86. The van der Waals surface area contributed by atoms with Crippen LogP contribution in [0.2, 0.25) is 0 Å². The molecule has 2 amide bonds. The van der Waals surface area contributed by atoms with Gasteiger partial charge in [0, 0.05) is 13.1 Å². The summed E-state index contributed by atoms with van der Waals surface area (Å²) < 4.78 is 0. The number of piperidine rings is 1. The van der Waals surface area contributed by atoms with Gasteiger partial charge in [0.05, 0.1) is 12.1 Å². The molecule has 0 spiro atoms. The van der Waals surface area contributed by atoms with Crippen molar-refractivity contribution in [2.45, 2.75) is 44.3 Å². The van der Waals surface area contributed by atoms with Gasteiger partial charge in [-0.15, -0.1) is 24.8 Å². The second-order valence-electron chi connectivity index (χ2n) is 7.17.